The molecule has 4 heterocycles. The molecule has 0 radical (unpaired) electrons. The van der Waals surface area contributed by atoms with Gasteiger partial charge in [0.15, 0.2) is 44.7 Å². The fourth-order valence-corrected chi connectivity index (χ4v) is 18.3. The highest BCUT2D eigenvalue weighted by Crippen LogP contribution is 2.49. The minimum absolute atomic E-state index is 0.0381. The first-order valence-corrected chi connectivity index (χ1v) is 43.2. The van der Waals surface area contributed by atoms with Crippen molar-refractivity contribution in [1.82, 2.24) is 44.4 Å². The second kappa shape index (κ2) is 41.5. The number of carbonyl (C=O) groups excluding carboxylic acids is 2. The van der Waals surface area contributed by atoms with Crippen molar-refractivity contribution in [3.05, 3.63) is 252 Å². The monoisotopic (exact) mass is 1690 g/mol. The first kappa shape index (κ1) is 90.1. The summed E-state index contributed by atoms with van der Waals surface area (Å²) < 4.78 is 68.3. The van der Waals surface area contributed by atoms with E-state index in [1.807, 2.05) is 80.6 Å². The molecule has 2 N–H and O–H groups in total. The summed E-state index contributed by atoms with van der Waals surface area (Å²) in [6.07, 6.45) is 6.50. The third-order valence-corrected chi connectivity index (χ3v) is 24.1. The lowest BCUT2D eigenvalue weighted by atomic mass is 9.72. The van der Waals surface area contributed by atoms with Crippen molar-refractivity contribution in [2.45, 2.75) is 137 Å². The zero-order valence-corrected chi connectivity index (χ0v) is 72.7. The van der Waals surface area contributed by atoms with Crippen molar-refractivity contribution >= 4 is 58.7 Å². The molecule has 0 fully saturated rings. The van der Waals surface area contributed by atoms with Crippen LogP contribution in [0, 0.1) is 11.6 Å². The number of methoxy groups -OCH3 is 5. The fraction of sp³-hybridized carbons (Fsp3) is 0.370. The minimum Gasteiger partial charge on any atom is -0.497 e. The summed E-state index contributed by atoms with van der Waals surface area (Å²) in [6.45, 7) is 25.9. The molecule has 0 bridgehead atoms. The van der Waals surface area contributed by atoms with Crippen LogP contribution in [0.15, 0.2) is 189 Å². The zero-order chi connectivity index (χ0) is 85.1. The molecule has 1 unspecified atom stereocenters. The van der Waals surface area contributed by atoms with Gasteiger partial charge in [-0.3, -0.25) is 28.3 Å². The highest BCUT2D eigenvalue weighted by molar-refractivity contribution is 7.99. The summed E-state index contributed by atoms with van der Waals surface area (Å²) in [5.41, 5.74) is 16.3. The maximum absolute atomic E-state index is 13.6. The van der Waals surface area contributed by atoms with Gasteiger partial charge in [-0.2, -0.15) is 9.97 Å². The number of nitrogens with zero attached hydrogens (tertiary/aromatic N) is 8. The Morgan fingerprint density at radius 3 is 1.55 bits per heavy atom. The molecule has 21 nitrogen and oxygen atoms in total. The Bertz CT molecular complexity index is 5430. The molecule has 119 heavy (non-hydrogen) atoms. The fourth-order valence-electron chi connectivity index (χ4n) is 15.0. The van der Waals surface area contributed by atoms with Crippen LogP contribution in [0.4, 0.5) is 8.78 Å². The largest absolute Gasteiger partial charge is 0.497 e. The number of rotatable bonds is 31. The summed E-state index contributed by atoms with van der Waals surface area (Å²) in [5, 5.41) is 14.2. The first-order chi connectivity index (χ1) is 57.3. The molecule has 27 heteroatoms. The number of aliphatic hydroxyl groups is 1. The SMILES string of the molecule is C=CCn1c(SCCOC)nc2c(c1=O)C(C)(C)Cc1cc(C(=O)NCCO)ccc1-2.C=CCn1c(SCCOC)nc2c(c1=O)CC(C)c1ccccc1-2.COCCSc1nc(OCC(=O)c2ccc(F)c(F)c2)c2c(n1)-c1ccccc1CC2(C)C.COCCSc1nc(OCc2ccc(OC)cc2)c2c(n1)-c1ccccc1CC2(C)C. The molecule has 4 aliphatic rings. The van der Waals surface area contributed by atoms with Crippen LogP contribution in [0.25, 0.3) is 45.0 Å². The standard InChI is InChI=1S/C25H24F2N2O3S.C25H28N2O3S.C23H29N3O4S.C19H22N2O2S/c1-25(2)13-16-6-4-5-7-17(16)22-21(25)23(29-24(28-22)33-11-10-31-3)32-14-20(30)15-8-9-18(26)19(27)12-15;1-25(2)15-18-7-5-6-8-20(18)22-21(25)23(27-24(26-22)31-14-13-28-3)30-16-17-9-11-19(29-4)12-10-17;1-5-9-26-21(29)18-19(25-22(26)31-12-11-30-4)17-7-6-15(20(28)24-8-10-27)13-16(17)14-23(18,2)3;1-4-9-21-18(22)16-12-13(2)14-7-5-6-8-15(14)17(16)20-19(21)24-11-10-23-3/h4-9,12H,10-11,13-14H2,1-3H3;5-12H,13-16H2,1-4H3;5-7,13,27H,1,8-12,14H2,2-4H3,(H,24,28);4-8,13H,1,9-12H2,2-3H3. The first-order valence-electron chi connectivity index (χ1n) is 39.3. The van der Waals surface area contributed by atoms with Gasteiger partial charge in [-0.25, -0.2) is 28.7 Å². The van der Waals surface area contributed by atoms with E-state index in [1.165, 1.54) is 51.8 Å². The van der Waals surface area contributed by atoms with E-state index in [4.69, 9.17) is 63.2 Å². The van der Waals surface area contributed by atoms with Crippen molar-refractivity contribution in [2.75, 3.05) is 105 Å². The number of benzene rings is 6. The van der Waals surface area contributed by atoms with E-state index in [1.54, 1.807) is 86.4 Å². The average molecular weight is 1690 g/mol. The van der Waals surface area contributed by atoms with Crippen molar-refractivity contribution < 1.29 is 56.6 Å². The van der Waals surface area contributed by atoms with E-state index in [-0.39, 0.29) is 53.2 Å². The second-order valence-electron chi connectivity index (χ2n) is 30.7. The Kier molecular flexibility index (Phi) is 31.4. The number of allylic oxidation sites excluding steroid dienone is 2. The zero-order valence-electron chi connectivity index (χ0n) is 69.5. The molecule has 14 rings (SSSR count). The lowest BCUT2D eigenvalue weighted by Gasteiger charge is -2.34. The van der Waals surface area contributed by atoms with E-state index >= 15 is 0 Å². The molecular formula is C92H103F2N9O12S4. The summed E-state index contributed by atoms with van der Waals surface area (Å²) >= 11 is 6.06. The van der Waals surface area contributed by atoms with Crippen LogP contribution in [0.1, 0.15) is 125 Å². The molecule has 1 amide bonds. The van der Waals surface area contributed by atoms with Crippen molar-refractivity contribution in [1.29, 1.82) is 0 Å². The Hall–Kier alpha value is -9.68. The van der Waals surface area contributed by atoms with E-state index in [0.717, 1.165) is 115 Å². The number of halogens is 2. The van der Waals surface area contributed by atoms with Crippen LogP contribution in [-0.4, -0.2) is 161 Å². The molecule has 0 saturated carbocycles. The molecule has 0 aliphatic heterocycles. The van der Waals surface area contributed by atoms with Crippen LogP contribution in [0.3, 0.4) is 0 Å². The topological polar surface area (TPSA) is 252 Å². The Morgan fingerprint density at radius 1 is 0.538 bits per heavy atom. The quantitative estimate of drug-likeness (QED) is 0.0135. The number of aromatic nitrogens is 8. The lowest BCUT2D eigenvalue weighted by molar-refractivity contribution is 0.0913. The van der Waals surface area contributed by atoms with E-state index in [0.29, 0.717) is 114 Å². The van der Waals surface area contributed by atoms with Gasteiger partial charge in [0.1, 0.15) is 12.4 Å². The number of ketones is 1. The number of carbonyl (C=O) groups is 2. The lowest BCUT2D eigenvalue weighted by Crippen LogP contribution is -2.38. The summed E-state index contributed by atoms with van der Waals surface area (Å²) in [6, 6.07) is 41.3. The predicted octanol–water partition coefficient (Wildman–Crippen LogP) is 16.4. The van der Waals surface area contributed by atoms with E-state index in [9.17, 15) is 28.0 Å². The van der Waals surface area contributed by atoms with Crippen LogP contribution < -0.4 is 30.6 Å². The molecule has 1 atom stereocenters. The number of aliphatic hydroxyl groups excluding tert-OH is 1. The molecular weight excluding hydrogens is 1590 g/mol. The van der Waals surface area contributed by atoms with Crippen molar-refractivity contribution in [2.24, 2.45) is 0 Å². The molecule has 626 valence electrons. The number of Topliss-reactive ketones (excluding diaryl/α,β-unsaturated/α-hetero) is 1. The summed E-state index contributed by atoms with van der Waals surface area (Å²) in [4.78, 5) is 80.5. The van der Waals surface area contributed by atoms with Crippen LogP contribution in [-0.2, 0) is 80.6 Å². The van der Waals surface area contributed by atoms with Gasteiger partial charge in [-0.1, -0.05) is 199 Å². The normalized spacial score (nSPS) is 14.3. The number of hydrogen-bond donors (Lipinski definition) is 2. The second-order valence-corrected chi connectivity index (χ2v) is 34.9. The third kappa shape index (κ3) is 21.6. The van der Waals surface area contributed by atoms with Crippen LogP contribution in [0.5, 0.6) is 17.5 Å². The summed E-state index contributed by atoms with van der Waals surface area (Å²) in [7, 11) is 8.32. The molecule has 4 aliphatic carbocycles. The smallest absolute Gasteiger partial charge is 0.258 e. The average Bonchev–Trinajstić information content (AvgIpc) is 0.750. The molecule has 10 aromatic rings. The van der Waals surface area contributed by atoms with Gasteiger partial charge >= 0.3 is 0 Å². The predicted molar refractivity (Wildman–Crippen MR) is 469 cm³/mol. The third-order valence-electron chi connectivity index (χ3n) is 20.6. The maximum atomic E-state index is 13.6. The summed E-state index contributed by atoms with van der Waals surface area (Å²) in [5.74, 6) is 2.27. The van der Waals surface area contributed by atoms with Gasteiger partial charge < -0.3 is 43.6 Å². The van der Waals surface area contributed by atoms with Gasteiger partial charge in [0.05, 0.1) is 62.9 Å². The number of hydrogen-bond acceptors (Lipinski definition) is 22. The Labute approximate surface area is 711 Å². The molecule has 4 aromatic heterocycles. The number of amides is 1. The highest BCUT2D eigenvalue weighted by Gasteiger charge is 2.40. The van der Waals surface area contributed by atoms with Gasteiger partial charge in [0.2, 0.25) is 11.8 Å². The van der Waals surface area contributed by atoms with Crippen molar-refractivity contribution in [3.8, 4) is 62.5 Å². The number of nitrogens with one attached hydrogen (secondary N) is 1. The number of fused-ring (bicyclic) bond motifs is 12. The Morgan fingerprint density at radius 2 is 1.02 bits per heavy atom. The highest BCUT2D eigenvalue weighted by atomic mass is 32.2. The van der Waals surface area contributed by atoms with Gasteiger partial charge in [-0.05, 0) is 102 Å². The Balaban J connectivity index is 0.000000156. The van der Waals surface area contributed by atoms with Gasteiger partial charge in [-0.15, -0.1) is 13.2 Å². The van der Waals surface area contributed by atoms with Gasteiger partial charge in [0, 0.05) is 143 Å². The number of thioether (sulfide) groups is 4. The van der Waals surface area contributed by atoms with E-state index < -0.39 is 22.8 Å². The number of ether oxygens (including phenoxy) is 7. The van der Waals surface area contributed by atoms with E-state index in [2.05, 4.69) is 101 Å². The molecule has 0 spiro atoms. The maximum Gasteiger partial charge on any atom is 0.258 e. The van der Waals surface area contributed by atoms with Gasteiger partial charge in [0.25, 0.3) is 17.0 Å². The van der Waals surface area contributed by atoms with Crippen LogP contribution >= 0.6 is 47.0 Å². The molecule has 6 aromatic carbocycles. The minimum atomic E-state index is -1.07. The molecule has 0 saturated heterocycles. The van der Waals surface area contributed by atoms with Crippen molar-refractivity contribution in [3.63, 3.8) is 0 Å². The van der Waals surface area contributed by atoms with Crippen LogP contribution in [0.2, 0.25) is 0 Å².